The van der Waals surface area contributed by atoms with E-state index in [0.29, 0.717) is 28.3 Å². The molecular formula is C45H28N4S. The second-order valence-electron chi connectivity index (χ2n) is 11.4. The largest absolute Gasteiger partial charge is 0.309 e. The van der Waals surface area contributed by atoms with Gasteiger partial charge in [-0.2, -0.15) is 0 Å². The molecule has 0 saturated heterocycles. The highest BCUT2D eigenvalue weighted by atomic mass is 32.1. The van der Waals surface area contributed by atoms with Crippen molar-refractivity contribution >= 4 is 53.3 Å². The predicted octanol–water partition coefficient (Wildman–Crippen LogP) is 12.0. The molecule has 10 rings (SSSR count). The Morgan fingerprint density at radius 2 is 1.06 bits per heavy atom. The van der Waals surface area contributed by atoms with E-state index in [2.05, 4.69) is 0 Å². The van der Waals surface area contributed by atoms with Gasteiger partial charge in [-0.1, -0.05) is 139 Å². The minimum Gasteiger partial charge on any atom is -0.309 e. The zero-order valence-corrected chi connectivity index (χ0v) is 26.7. The highest BCUT2D eigenvalue weighted by molar-refractivity contribution is 7.26. The molecule has 0 N–H and O–H groups in total. The molecule has 3 heterocycles. The first-order chi connectivity index (χ1) is 30.2. The van der Waals surface area contributed by atoms with Gasteiger partial charge in [0.05, 0.1) is 34.5 Å². The first kappa shape index (κ1) is 18.4. The van der Waals surface area contributed by atoms with Crippen LogP contribution in [-0.2, 0) is 0 Å². The van der Waals surface area contributed by atoms with E-state index in [-0.39, 0.29) is 125 Å². The summed E-state index contributed by atoms with van der Waals surface area (Å²) >= 11 is 0.993. The summed E-state index contributed by atoms with van der Waals surface area (Å²) in [4.78, 5) is 14.9. The molecule has 0 saturated carbocycles. The van der Waals surface area contributed by atoms with E-state index in [1.54, 1.807) is 22.8 Å². The van der Waals surface area contributed by atoms with Gasteiger partial charge < -0.3 is 4.57 Å². The van der Waals surface area contributed by atoms with Crippen LogP contribution in [0.15, 0.2) is 170 Å². The van der Waals surface area contributed by atoms with E-state index in [1.807, 2.05) is 60.7 Å². The normalized spacial score (nSPS) is 15.2. The molecule has 0 aliphatic carbocycles. The Hall–Kier alpha value is -6.43. The highest BCUT2D eigenvalue weighted by Crippen LogP contribution is 2.42. The smallest absolute Gasteiger partial charge is 0.166 e. The first-order valence-electron chi connectivity index (χ1n) is 22.1. The van der Waals surface area contributed by atoms with Gasteiger partial charge in [-0.3, -0.25) is 0 Å². The quantitative estimate of drug-likeness (QED) is 0.183. The van der Waals surface area contributed by atoms with Gasteiger partial charge in [0.1, 0.15) is 0 Å². The highest BCUT2D eigenvalue weighted by Gasteiger charge is 2.21. The van der Waals surface area contributed by atoms with Crippen molar-refractivity contribution in [2.24, 2.45) is 0 Å². The maximum Gasteiger partial charge on any atom is 0.166 e. The zero-order valence-electron chi connectivity index (χ0n) is 38.9. The van der Waals surface area contributed by atoms with Crippen molar-refractivity contribution in [1.82, 2.24) is 19.5 Å². The number of hydrogen-bond acceptors (Lipinski definition) is 4. The van der Waals surface area contributed by atoms with E-state index in [9.17, 15) is 4.11 Å². The molecule has 234 valence electrons. The van der Waals surface area contributed by atoms with E-state index >= 15 is 0 Å². The average Bonchev–Trinajstić information content (AvgIpc) is 3.87. The molecule has 0 aliphatic heterocycles. The third-order valence-electron chi connectivity index (χ3n) is 8.53. The molecule has 0 spiro atoms. The Labute approximate surface area is 310 Å². The number of thiophene rings is 1. The van der Waals surface area contributed by atoms with Gasteiger partial charge in [0.2, 0.25) is 0 Å². The van der Waals surface area contributed by atoms with Gasteiger partial charge in [-0.25, -0.2) is 15.0 Å². The zero-order chi connectivity index (χ0) is 44.3. The number of para-hydroxylation sites is 2. The average molecular weight is 670 g/mol. The molecule has 0 radical (unpaired) electrons. The Balaban J connectivity index is 1.39. The molecule has 7 aromatic carbocycles. The molecule has 5 heteroatoms. The van der Waals surface area contributed by atoms with Crippen molar-refractivity contribution in [3.63, 3.8) is 0 Å². The molecule has 0 unspecified atom stereocenters. The summed E-state index contributed by atoms with van der Waals surface area (Å²) < 4.78 is 117. The number of rotatable bonds is 5. The Bertz CT molecular complexity index is 3480. The van der Waals surface area contributed by atoms with E-state index < -0.39 is 18.1 Å². The summed E-state index contributed by atoms with van der Waals surface area (Å²) in [5, 5.41) is 0.262. The molecule has 0 fully saturated rings. The van der Waals surface area contributed by atoms with Gasteiger partial charge >= 0.3 is 0 Å². The fourth-order valence-electron chi connectivity index (χ4n) is 6.28. The Morgan fingerprint density at radius 1 is 0.460 bits per heavy atom. The monoisotopic (exact) mass is 669 g/mol. The van der Waals surface area contributed by atoms with Gasteiger partial charge in [-0.15, -0.1) is 11.3 Å². The van der Waals surface area contributed by atoms with E-state index in [4.69, 9.17) is 28.7 Å². The molecule has 50 heavy (non-hydrogen) atoms. The van der Waals surface area contributed by atoms with Crippen molar-refractivity contribution in [2.75, 3.05) is 0 Å². The van der Waals surface area contributed by atoms with Crippen LogP contribution >= 0.6 is 11.3 Å². The minimum absolute atomic E-state index is 0.0426. The molecular weight excluding hydrogens is 629 g/mol. The summed E-state index contributed by atoms with van der Waals surface area (Å²) in [5.41, 5.74) is 2.51. The first-order valence-corrected chi connectivity index (χ1v) is 16.5. The lowest BCUT2D eigenvalue weighted by atomic mass is 9.99. The number of fused-ring (bicyclic) bond motifs is 6. The van der Waals surface area contributed by atoms with Crippen LogP contribution in [0, 0.1) is 0 Å². The van der Waals surface area contributed by atoms with Gasteiger partial charge in [0.15, 0.2) is 17.5 Å². The van der Waals surface area contributed by atoms with Gasteiger partial charge in [-0.05, 0) is 41.4 Å². The number of aromatic nitrogens is 4. The topological polar surface area (TPSA) is 43.6 Å². The maximum atomic E-state index is 9.30. The molecule has 10 aromatic rings. The summed E-state index contributed by atoms with van der Waals surface area (Å²) in [6, 6.07) is 21.5. The van der Waals surface area contributed by atoms with E-state index in [1.165, 1.54) is 12.1 Å². The SMILES string of the molecule is [2H]c1cc([2H])c2c(c1[2H])c1c([2H])c([2H])cc([2H])c1n2-c1ccc(-c2c([2H])c([2H])c([2H])c3c2sc2c([2H])c([2H])c([2H])c([2H])c23)cc1-c1nc(-c2ccccc2)nc(-c2ccccc2)n1. The number of benzene rings is 7. The van der Waals surface area contributed by atoms with Crippen molar-refractivity contribution in [3.05, 3.63) is 170 Å². The summed E-state index contributed by atoms with van der Waals surface area (Å²) in [5.74, 6) is 0.688. The fourth-order valence-corrected chi connectivity index (χ4v) is 7.37. The third kappa shape index (κ3) is 4.63. The van der Waals surface area contributed by atoms with Crippen molar-refractivity contribution in [3.8, 4) is 51.0 Å². The van der Waals surface area contributed by atoms with Crippen LogP contribution in [0.3, 0.4) is 0 Å². The number of hydrogen-bond donors (Lipinski definition) is 0. The maximum absolute atomic E-state index is 9.30. The van der Waals surface area contributed by atoms with Crippen LogP contribution in [-0.4, -0.2) is 19.5 Å². The minimum atomic E-state index is -0.491. The van der Waals surface area contributed by atoms with Gasteiger partial charge in [0, 0.05) is 47.6 Å². The van der Waals surface area contributed by atoms with Crippen LogP contribution in [0.4, 0.5) is 0 Å². The van der Waals surface area contributed by atoms with Crippen LogP contribution in [0.5, 0.6) is 0 Å². The lowest BCUT2D eigenvalue weighted by Crippen LogP contribution is -2.04. The van der Waals surface area contributed by atoms with E-state index in [0.717, 1.165) is 11.3 Å². The lowest BCUT2D eigenvalue weighted by Gasteiger charge is -2.16. The molecule has 0 bridgehead atoms. The van der Waals surface area contributed by atoms with Crippen LogP contribution in [0.1, 0.15) is 17.8 Å². The van der Waals surface area contributed by atoms with Crippen LogP contribution < -0.4 is 0 Å². The molecule has 3 aromatic heterocycles. The molecule has 0 aliphatic rings. The number of nitrogens with zero attached hydrogens (tertiary/aromatic N) is 4. The lowest BCUT2D eigenvalue weighted by molar-refractivity contribution is 1.06. The van der Waals surface area contributed by atoms with Gasteiger partial charge in [0.25, 0.3) is 0 Å². The molecule has 0 atom stereocenters. The second-order valence-corrected chi connectivity index (χ2v) is 12.4. The van der Waals surface area contributed by atoms with Crippen LogP contribution in [0.2, 0.25) is 0 Å². The standard InChI is InChI=1S/C45H28N4S/c1-3-14-29(15-4-1)43-46-44(30-16-5-2-6-17-30)48-45(47-43)37-28-31(32-21-13-22-36-35-20-9-12-25-41(35)50-42(32)36)26-27-40(37)49-38-23-10-7-18-33(38)34-19-8-11-24-39(34)49/h1-28H/i7D,8D,9D,12D,13D,18D,19D,20D,21D,22D,23D,24D,25D. The Kier molecular flexibility index (Phi) is 4.27. The predicted molar refractivity (Wildman–Crippen MR) is 209 cm³/mol. The van der Waals surface area contributed by atoms with Crippen molar-refractivity contribution in [1.29, 1.82) is 0 Å². The van der Waals surface area contributed by atoms with Crippen molar-refractivity contribution in [2.45, 2.75) is 0 Å². The Morgan fingerprint density at radius 3 is 1.74 bits per heavy atom. The summed E-state index contributed by atoms with van der Waals surface area (Å²) in [7, 11) is 0. The second kappa shape index (κ2) is 11.6. The third-order valence-corrected chi connectivity index (χ3v) is 9.65. The molecule has 0 amide bonds. The van der Waals surface area contributed by atoms with Crippen LogP contribution in [0.25, 0.3) is 93.0 Å². The fraction of sp³-hybridized carbons (Fsp3) is 0. The molecule has 4 nitrogen and oxygen atoms in total. The summed E-state index contributed by atoms with van der Waals surface area (Å²) in [6.45, 7) is 0. The summed E-state index contributed by atoms with van der Waals surface area (Å²) in [6.07, 6.45) is 0. The van der Waals surface area contributed by atoms with Crippen molar-refractivity contribution < 1.29 is 17.8 Å².